The summed E-state index contributed by atoms with van der Waals surface area (Å²) in [4.78, 5) is 17.1. The van der Waals surface area contributed by atoms with Crippen molar-refractivity contribution in [2.45, 2.75) is 37.6 Å². The molecule has 0 radical (unpaired) electrons. The number of hydrogen-bond donors (Lipinski definition) is 2. The summed E-state index contributed by atoms with van der Waals surface area (Å²) >= 11 is 1.31. The molecule has 0 bridgehead atoms. The number of aromatic amines is 1. The Hall–Kier alpha value is -2.80. The quantitative estimate of drug-likeness (QED) is 0.546. The first-order valence-corrected chi connectivity index (χ1v) is 10.2. The van der Waals surface area contributed by atoms with Crippen LogP contribution in [0.4, 0.5) is 5.69 Å². The monoisotopic (exact) mass is 396 g/mol. The molecule has 0 saturated heterocycles. The lowest BCUT2D eigenvalue weighted by molar-refractivity contribution is -0.115. The highest BCUT2D eigenvalue weighted by molar-refractivity contribution is 8.00. The molecule has 1 unspecified atom stereocenters. The summed E-state index contributed by atoms with van der Waals surface area (Å²) in [7, 11) is 0. The molecule has 0 saturated carbocycles. The number of carbonyl (C=O) groups excluding carboxylic acids is 1. The molecular weight excluding hydrogens is 372 g/mol. The Morgan fingerprint density at radius 2 is 1.93 bits per heavy atom. The summed E-state index contributed by atoms with van der Waals surface area (Å²) < 4.78 is 5.55. The zero-order chi connectivity index (χ0) is 19.9. The molecule has 1 aromatic heterocycles. The molecule has 0 aliphatic rings. The summed E-state index contributed by atoms with van der Waals surface area (Å²) in [6, 6.07) is 15.6. The van der Waals surface area contributed by atoms with Gasteiger partial charge in [-0.15, -0.1) is 5.10 Å². The Labute approximate surface area is 169 Å². The first-order chi connectivity index (χ1) is 13.6. The lowest BCUT2D eigenvalue weighted by Gasteiger charge is -2.13. The molecule has 2 aromatic carbocycles. The number of hydrogen-bond acceptors (Lipinski definition) is 5. The number of anilines is 1. The molecule has 3 rings (SSSR count). The first kappa shape index (κ1) is 19.9. The molecule has 28 heavy (non-hydrogen) atoms. The van der Waals surface area contributed by atoms with E-state index in [1.165, 1.54) is 17.3 Å². The highest BCUT2D eigenvalue weighted by Crippen LogP contribution is 2.27. The van der Waals surface area contributed by atoms with E-state index in [1.54, 1.807) is 0 Å². The normalized spacial score (nSPS) is 11.8. The van der Waals surface area contributed by atoms with Gasteiger partial charge in [0, 0.05) is 5.56 Å². The molecule has 0 spiro atoms. The number of ether oxygens (including phenoxy) is 1. The standard InChI is InChI=1S/C21H24N4O2S/c1-4-15-10-12-16(13-11-15)19-23-21(25-24-19)28-14(3)20(26)22-17-8-6-7-9-18(17)27-5-2/h6-14H,4-5H2,1-3H3,(H,22,26)(H,23,24,25). The number of aromatic nitrogens is 3. The van der Waals surface area contributed by atoms with Crippen molar-refractivity contribution in [3.63, 3.8) is 0 Å². The maximum absolute atomic E-state index is 12.6. The Morgan fingerprint density at radius 3 is 2.64 bits per heavy atom. The summed E-state index contributed by atoms with van der Waals surface area (Å²) in [6.45, 7) is 6.40. The van der Waals surface area contributed by atoms with Crippen molar-refractivity contribution in [1.29, 1.82) is 0 Å². The molecule has 7 heteroatoms. The van der Waals surface area contributed by atoms with Crippen LogP contribution in [0, 0.1) is 0 Å². The number of nitrogens with zero attached hydrogens (tertiary/aromatic N) is 2. The van der Waals surface area contributed by atoms with E-state index >= 15 is 0 Å². The van der Waals surface area contributed by atoms with E-state index in [-0.39, 0.29) is 11.2 Å². The predicted octanol–water partition coefficient (Wildman–Crippen LogP) is 4.55. The SMILES string of the molecule is CCOc1ccccc1NC(=O)C(C)Sc1n[nH]c(-c2ccc(CC)cc2)n1. The Bertz CT molecular complexity index is 924. The summed E-state index contributed by atoms with van der Waals surface area (Å²) in [6.07, 6.45) is 0.997. The van der Waals surface area contributed by atoms with Crippen LogP contribution in [0.5, 0.6) is 5.75 Å². The summed E-state index contributed by atoms with van der Waals surface area (Å²) in [5.41, 5.74) is 2.91. The molecule has 0 fully saturated rings. The van der Waals surface area contributed by atoms with Crippen LogP contribution < -0.4 is 10.1 Å². The van der Waals surface area contributed by atoms with Gasteiger partial charge in [0.15, 0.2) is 5.82 Å². The van der Waals surface area contributed by atoms with Crippen LogP contribution in [0.15, 0.2) is 53.7 Å². The molecule has 0 aliphatic carbocycles. The number of carbonyl (C=O) groups is 1. The smallest absolute Gasteiger partial charge is 0.237 e. The molecule has 1 amide bonds. The van der Waals surface area contributed by atoms with Gasteiger partial charge in [0.05, 0.1) is 17.5 Å². The average Bonchev–Trinajstić information content (AvgIpc) is 3.18. The van der Waals surface area contributed by atoms with Crippen LogP contribution in [0.25, 0.3) is 11.4 Å². The topological polar surface area (TPSA) is 79.9 Å². The Morgan fingerprint density at radius 1 is 1.18 bits per heavy atom. The third-order valence-corrected chi connectivity index (χ3v) is 5.16. The lowest BCUT2D eigenvalue weighted by Crippen LogP contribution is -2.22. The number of nitrogens with one attached hydrogen (secondary N) is 2. The van der Waals surface area contributed by atoms with Crippen molar-refractivity contribution in [1.82, 2.24) is 15.2 Å². The molecule has 2 N–H and O–H groups in total. The van der Waals surface area contributed by atoms with E-state index < -0.39 is 0 Å². The van der Waals surface area contributed by atoms with Crippen molar-refractivity contribution in [2.75, 3.05) is 11.9 Å². The number of aryl methyl sites for hydroxylation is 1. The number of H-pyrrole nitrogens is 1. The van der Waals surface area contributed by atoms with Crippen molar-refractivity contribution in [3.8, 4) is 17.1 Å². The van der Waals surface area contributed by atoms with Gasteiger partial charge in [0.1, 0.15) is 5.75 Å². The minimum Gasteiger partial charge on any atom is -0.492 e. The van der Waals surface area contributed by atoms with Crippen molar-refractivity contribution >= 4 is 23.4 Å². The second-order valence-corrected chi connectivity index (χ2v) is 7.50. The van der Waals surface area contributed by atoms with Gasteiger partial charge in [-0.1, -0.05) is 55.1 Å². The van der Waals surface area contributed by atoms with Gasteiger partial charge in [-0.25, -0.2) is 4.98 Å². The average molecular weight is 397 g/mol. The third-order valence-electron chi connectivity index (χ3n) is 4.20. The fourth-order valence-electron chi connectivity index (χ4n) is 2.62. The van der Waals surface area contributed by atoms with Gasteiger partial charge in [0.2, 0.25) is 11.1 Å². The van der Waals surface area contributed by atoms with Gasteiger partial charge >= 0.3 is 0 Å². The largest absolute Gasteiger partial charge is 0.492 e. The molecule has 1 atom stereocenters. The maximum Gasteiger partial charge on any atom is 0.237 e. The maximum atomic E-state index is 12.6. The molecule has 3 aromatic rings. The van der Waals surface area contributed by atoms with Crippen molar-refractivity contribution in [2.24, 2.45) is 0 Å². The van der Waals surface area contributed by atoms with Gasteiger partial charge in [-0.05, 0) is 38.0 Å². The zero-order valence-electron chi connectivity index (χ0n) is 16.2. The van der Waals surface area contributed by atoms with Crippen LogP contribution >= 0.6 is 11.8 Å². The van der Waals surface area contributed by atoms with E-state index in [1.807, 2.05) is 50.2 Å². The number of rotatable bonds is 8. The van der Waals surface area contributed by atoms with Crippen molar-refractivity contribution in [3.05, 3.63) is 54.1 Å². The highest BCUT2D eigenvalue weighted by atomic mass is 32.2. The highest BCUT2D eigenvalue weighted by Gasteiger charge is 2.19. The molecule has 6 nitrogen and oxygen atoms in total. The Balaban J connectivity index is 1.64. The second kappa shape index (κ2) is 9.41. The molecule has 1 heterocycles. The predicted molar refractivity (Wildman–Crippen MR) is 113 cm³/mol. The lowest BCUT2D eigenvalue weighted by atomic mass is 10.1. The summed E-state index contributed by atoms with van der Waals surface area (Å²) in [5.74, 6) is 1.22. The van der Waals surface area contributed by atoms with E-state index in [9.17, 15) is 4.79 Å². The molecule has 146 valence electrons. The van der Waals surface area contributed by atoms with E-state index in [4.69, 9.17) is 4.74 Å². The fourth-order valence-corrected chi connectivity index (χ4v) is 3.35. The first-order valence-electron chi connectivity index (χ1n) is 9.31. The van der Waals surface area contributed by atoms with Gasteiger partial charge in [-0.2, -0.15) is 0 Å². The number of para-hydroxylation sites is 2. The van der Waals surface area contributed by atoms with Gasteiger partial charge in [-0.3, -0.25) is 9.89 Å². The number of thioether (sulfide) groups is 1. The van der Waals surface area contributed by atoms with Crippen LogP contribution in [0.2, 0.25) is 0 Å². The number of amides is 1. The van der Waals surface area contributed by atoms with Crippen LogP contribution in [-0.2, 0) is 11.2 Å². The molecular formula is C21H24N4O2S. The minimum absolute atomic E-state index is 0.129. The van der Waals surface area contributed by atoms with Crippen LogP contribution in [0.1, 0.15) is 26.3 Å². The van der Waals surface area contributed by atoms with Crippen LogP contribution in [0.3, 0.4) is 0 Å². The summed E-state index contributed by atoms with van der Waals surface area (Å²) in [5, 5.41) is 10.3. The molecule has 0 aliphatic heterocycles. The van der Waals surface area contributed by atoms with E-state index in [0.29, 0.717) is 29.0 Å². The second-order valence-electron chi connectivity index (χ2n) is 6.20. The third kappa shape index (κ3) is 4.92. The van der Waals surface area contributed by atoms with Gasteiger partial charge in [0.25, 0.3) is 0 Å². The van der Waals surface area contributed by atoms with Crippen LogP contribution in [-0.4, -0.2) is 32.9 Å². The van der Waals surface area contributed by atoms with E-state index in [2.05, 4.69) is 39.6 Å². The van der Waals surface area contributed by atoms with E-state index in [0.717, 1.165) is 12.0 Å². The van der Waals surface area contributed by atoms with Crippen molar-refractivity contribution < 1.29 is 9.53 Å². The Kier molecular flexibility index (Phi) is 6.71. The number of benzene rings is 2. The van der Waals surface area contributed by atoms with Gasteiger partial charge < -0.3 is 10.1 Å². The zero-order valence-corrected chi connectivity index (χ0v) is 17.0. The minimum atomic E-state index is -0.360. The fraction of sp³-hybridized carbons (Fsp3) is 0.286.